The molecular formula is C24H34O8. The molecule has 0 aliphatic carbocycles. The van der Waals surface area contributed by atoms with Gasteiger partial charge in [0.1, 0.15) is 13.2 Å². The number of ether oxygens (including phenoxy) is 4. The SMILES string of the molecule is C=C(C)C(=O)OCC(OC(=O)C(=C)C)C(=C)C(=O)OCCCC.C=CCOC(=O)C(=C)C. The Morgan fingerprint density at radius 1 is 0.781 bits per heavy atom. The lowest BCUT2D eigenvalue weighted by Gasteiger charge is -2.19. The molecular weight excluding hydrogens is 416 g/mol. The highest BCUT2D eigenvalue weighted by atomic mass is 16.6. The summed E-state index contributed by atoms with van der Waals surface area (Å²) in [6.07, 6.45) is 1.95. The second-order valence-corrected chi connectivity index (χ2v) is 6.74. The zero-order valence-corrected chi connectivity index (χ0v) is 19.5. The minimum Gasteiger partial charge on any atom is -0.462 e. The van der Waals surface area contributed by atoms with Gasteiger partial charge in [0.15, 0.2) is 6.10 Å². The van der Waals surface area contributed by atoms with Gasteiger partial charge >= 0.3 is 23.9 Å². The summed E-state index contributed by atoms with van der Waals surface area (Å²) in [6.45, 7) is 23.9. The Labute approximate surface area is 190 Å². The molecule has 1 unspecified atom stereocenters. The summed E-state index contributed by atoms with van der Waals surface area (Å²) in [6, 6.07) is 0. The smallest absolute Gasteiger partial charge is 0.337 e. The van der Waals surface area contributed by atoms with E-state index in [9.17, 15) is 19.2 Å². The molecule has 0 spiro atoms. The van der Waals surface area contributed by atoms with E-state index in [0.717, 1.165) is 6.42 Å². The molecule has 0 N–H and O–H groups in total. The van der Waals surface area contributed by atoms with Crippen LogP contribution in [0.2, 0.25) is 0 Å². The van der Waals surface area contributed by atoms with Crippen molar-refractivity contribution in [1.82, 2.24) is 0 Å². The van der Waals surface area contributed by atoms with E-state index in [1.165, 1.54) is 19.9 Å². The molecule has 0 aliphatic rings. The second-order valence-electron chi connectivity index (χ2n) is 6.74. The van der Waals surface area contributed by atoms with E-state index in [4.69, 9.17) is 14.2 Å². The molecule has 1 atom stereocenters. The zero-order valence-electron chi connectivity index (χ0n) is 19.5. The van der Waals surface area contributed by atoms with Crippen LogP contribution in [0.4, 0.5) is 0 Å². The van der Waals surface area contributed by atoms with E-state index in [1.807, 2.05) is 6.92 Å². The van der Waals surface area contributed by atoms with Crippen LogP contribution in [0.1, 0.15) is 40.5 Å². The molecule has 0 radical (unpaired) electrons. The molecule has 0 bridgehead atoms. The van der Waals surface area contributed by atoms with Gasteiger partial charge in [0.2, 0.25) is 0 Å². The number of esters is 4. The summed E-state index contributed by atoms with van der Waals surface area (Å²) in [5, 5.41) is 0. The predicted octanol–water partition coefficient (Wildman–Crippen LogP) is 3.78. The van der Waals surface area contributed by atoms with E-state index in [2.05, 4.69) is 37.6 Å². The number of hydrogen-bond donors (Lipinski definition) is 0. The van der Waals surface area contributed by atoms with Crippen molar-refractivity contribution in [3.63, 3.8) is 0 Å². The molecule has 0 aromatic rings. The van der Waals surface area contributed by atoms with E-state index >= 15 is 0 Å². The molecule has 0 rings (SSSR count). The van der Waals surface area contributed by atoms with Gasteiger partial charge in [-0.15, -0.1) is 0 Å². The van der Waals surface area contributed by atoms with Gasteiger partial charge in [-0.05, 0) is 27.2 Å². The molecule has 8 nitrogen and oxygen atoms in total. The summed E-state index contributed by atoms with van der Waals surface area (Å²) in [5.41, 5.74) is 0.640. The standard InChI is InChI=1S/C17H24O6.C7H10O2/c1-7-8-9-21-17(20)13(6)14(23-16(19)12(4)5)10-22-15(18)11(2)3;1-4-5-9-7(8)6(2)3/h14H,2,4,6-10H2,1,3,5H3;4H,1-2,5H2,3H3. The van der Waals surface area contributed by atoms with Gasteiger partial charge in [-0.25, -0.2) is 19.2 Å². The third-order valence-corrected chi connectivity index (χ3v) is 3.37. The van der Waals surface area contributed by atoms with Crippen LogP contribution in [0.15, 0.2) is 61.3 Å². The third-order valence-electron chi connectivity index (χ3n) is 3.37. The molecule has 0 aromatic heterocycles. The molecule has 8 heteroatoms. The molecule has 32 heavy (non-hydrogen) atoms. The van der Waals surface area contributed by atoms with Crippen LogP contribution in [-0.2, 0) is 38.1 Å². The zero-order chi connectivity index (χ0) is 25.3. The Morgan fingerprint density at radius 2 is 1.28 bits per heavy atom. The van der Waals surface area contributed by atoms with Gasteiger partial charge in [-0.3, -0.25) is 0 Å². The topological polar surface area (TPSA) is 105 Å². The quantitative estimate of drug-likeness (QED) is 0.137. The largest absolute Gasteiger partial charge is 0.462 e. The van der Waals surface area contributed by atoms with Crippen molar-refractivity contribution in [1.29, 1.82) is 0 Å². The first kappa shape index (κ1) is 30.8. The highest BCUT2D eigenvalue weighted by molar-refractivity contribution is 5.92. The Kier molecular flexibility index (Phi) is 16.6. The highest BCUT2D eigenvalue weighted by Gasteiger charge is 2.26. The molecule has 0 amide bonds. The van der Waals surface area contributed by atoms with Crippen molar-refractivity contribution in [2.75, 3.05) is 19.8 Å². The van der Waals surface area contributed by atoms with Crippen molar-refractivity contribution in [2.24, 2.45) is 0 Å². The van der Waals surface area contributed by atoms with Crippen LogP contribution < -0.4 is 0 Å². The number of carbonyl (C=O) groups excluding carboxylic acids is 4. The number of rotatable bonds is 13. The summed E-state index contributed by atoms with van der Waals surface area (Å²) in [7, 11) is 0. The second kappa shape index (κ2) is 17.3. The van der Waals surface area contributed by atoms with Crippen molar-refractivity contribution in [2.45, 2.75) is 46.6 Å². The van der Waals surface area contributed by atoms with Crippen LogP contribution in [0.25, 0.3) is 0 Å². The summed E-state index contributed by atoms with van der Waals surface area (Å²) < 4.78 is 19.6. The maximum absolute atomic E-state index is 11.9. The Balaban J connectivity index is 0. The predicted molar refractivity (Wildman–Crippen MR) is 121 cm³/mol. The van der Waals surface area contributed by atoms with Gasteiger partial charge in [0.25, 0.3) is 0 Å². The van der Waals surface area contributed by atoms with Crippen LogP contribution in [0.3, 0.4) is 0 Å². The van der Waals surface area contributed by atoms with Gasteiger partial charge in [-0.2, -0.15) is 0 Å². The maximum atomic E-state index is 11.9. The minimum atomic E-state index is -1.14. The molecule has 0 aromatic carbocycles. The monoisotopic (exact) mass is 450 g/mol. The minimum absolute atomic E-state index is 0.106. The average Bonchev–Trinajstić information content (AvgIpc) is 2.73. The Bertz CT molecular complexity index is 745. The molecule has 0 heterocycles. The van der Waals surface area contributed by atoms with Crippen LogP contribution in [-0.4, -0.2) is 49.8 Å². The lowest BCUT2D eigenvalue weighted by molar-refractivity contribution is -0.154. The molecule has 0 fully saturated rings. The Morgan fingerprint density at radius 3 is 1.72 bits per heavy atom. The van der Waals surface area contributed by atoms with E-state index in [0.29, 0.717) is 12.0 Å². The first-order valence-electron chi connectivity index (χ1n) is 9.87. The molecule has 0 aliphatic heterocycles. The van der Waals surface area contributed by atoms with E-state index in [-0.39, 0.29) is 42.5 Å². The lowest BCUT2D eigenvalue weighted by Crippen LogP contribution is -2.31. The molecule has 0 saturated carbocycles. The fraction of sp³-hybridized carbons (Fsp3) is 0.417. The fourth-order valence-electron chi connectivity index (χ4n) is 1.50. The van der Waals surface area contributed by atoms with E-state index < -0.39 is 24.0 Å². The first-order valence-corrected chi connectivity index (χ1v) is 9.87. The number of hydrogen-bond acceptors (Lipinski definition) is 8. The van der Waals surface area contributed by atoms with Crippen molar-refractivity contribution in [3.8, 4) is 0 Å². The van der Waals surface area contributed by atoms with Gasteiger partial charge in [-0.1, -0.05) is 52.3 Å². The Hall–Kier alpha value is -3.42. The molecule has 0 saturated heterocycles. The van der Waals surface area contributed by atoms with Gasteiger partial charge in [0.05, 0.1) is 12.2 Å². The number of carbonyl (C=O) groups is 4. The normalized spacial score (nSPS) is 10.2. The third kappa shape index (κ3) is 14.5. The van der Waals surface area contributed by atoms with Crippen LogP contribution >= 0.6 is 0 Å². The van der Waals surface area contributed by atoms with E-state index in [1.54, 1.807) is 6.92 Å². The first-order chi connectivity index (χ1) is 14.9. The summed E-state index contributed by atoms with van der Waals surface area (Å²) in [5.74, 6) is -2.45. The van der Waals surface area contributed by atoms with Crippen LogP contribution in [0, 0.1) is 0 Å². The lowest BCUT2D eigenvalue weighted by atomic mass is 10.1. The average molecular weight is 451 g/mol. The van der Waals surface area contributed by atoms with Crippen molar-refractivity contribution >= 4 is 23.9 Å². The fourth-order valence-corrected chi connectivity index (χ4v) is 1.50. The van der Waals surface area contributed by atoms with Crippen LogP contribution in [0.5, 0.6) is 0 Å². The summed E-state index contributed by atoms with van der Waals surface area (Å²) in [4.78, 5) is 45.5. The molecule has 178 valence electrons. The van der Waals surface area contributed by atoms with Gasteiger partial charge < -0.3 is 18.9 Å². The van der Waals surface area contributed by atoms with Crippen molar-refractivity contribution in [3.05, 3.63) is 61.3 Å². The number of unbranched alkanes of at least 4 members (excludes halogenated alkanes) is 1. The summed E-state index contributed by atoms with van der Waals surface area (Å²) >= 11 is 0. The van der Waals surface area contributed by atoms with Gasteiger partial charge in [0, 0.05) is 16.7 Å². The maximum Gasteiger partial charge on any atom is 0.337 e. The van der Waals surface area contributed by atoms with Crippen molar-refractivity contribution < 1.29 is 38.1 Å². The highest BCUT2D eigenvalue weighted by Crippen LogP contribution is 2.12.